The Kier molecular flexibility index (Phi) is 6.07. The van der Waals surface area contributed by atoms with Crippen LogP contribution in [0.25, 0.3) is 0 Å². The van der Waals surface area contributed by atoms with Crippen LogP contribution in [0, 0.1) is 5.92 Å². The van der Waals surface area contributed by atoms with Gasteiger partial charge in [-0.2, -0.15) is 0 Å². The lowest BCUT2D eigenvalue weighted by Gasteiger charge is -2.35. The van der Waals surface area contributed by atoms with E-state index < -0.39 is 0 Å². The van der Waals surface area contributed by atoms with Gasteiger partial charge in [0.05, 0.1) is 7.11 Å². The highest BCUT2D eigenvalue weighted by molar-refractivity contribution is 5.74. The molecular weight excluding hydrogens is 278 g/mol. The Hall–Kier alpha value is -1.75. The van der Waals surface area contributed by atoms with E-state index in [9.17, 15) is 4.79 Å². The van der Waals surface area contributed by atoms with Crippen molar-refractivity contribution in [1.29, 1.82) is 0 Å². The highest BCUT2D eigenvalue weighted by Gasteiger charge is 2.21. The van der Waals surface area contributed by atoms with Gasteiger partial charge in [-0.25, -0.2) is 4.79 Å². The van der Waals surface area contributed by atoms with Crippen molar-refractivity contribution in [1.82, 2.24) is 15.1 Å². The molecule has 22 heavy (non-hydrogen) atoms. The summed E-state index contributed by atoms with van der Waals surface area (Å²) in [6, 6.07) is 7.77. The molecule has 1 saturated heterocycles. The van der Waals surface area contributed by atoms with Gasteiger partial charge in [-0.15, -0.1) is 0 Å². The number of rotatable bonds is 5. The van der Waals surface area contributed by atoms with Gasteiger partial charge in [0, 0.05) is 44.8 Å². The second-order valence-electron chi connectivity index (χ2n) is 6.15. The Bertz CT molecular complexity index is 483. The molecule has 0 spiro atoms. The number of carbonyl (C=O) groups is 1. The van der Waals surface area contributed by atoms with Crippen LogP contribution in [0.1, 0.15) is 19.4 Å². The van der Waals surface area contributed by atoms with Crippen LogP contribution in [0.3, 0.4) is 0 Å². The molecule has 5 nitrogen and oxygen atoms in total. The van der Waals surface area contributed by atoms with Crippen LogP contribution in [0.5, 0.6) is 5.75 Å². The lowest BCUT2D eigenvalue weighted by atomic mass is 10.2. The summed E-state index contributed by atoms with van der Waals surface area (Å²) in [4.78, 5) is 16.6. The minimum absolute atomic E-state index is 0.00935. The molecule has 0 unspecified atom stereocenters. The summed E-state index contributed by atoms with van der Waals surface area (Å²) in [5, 5.41) is 2.99. The van der Waals surface area contributed by atoms with Crippen LogP contribution in [0.2, 0.25) is 0 Å². The first-order chi connectivity index (χ1) is 10.6. The van der Waals surface area contributed by atoms with E-state index in [1.807, 2.05) is 29.2 Å². The van der Waals surface area contributed by atoms with E-state index in [4.69, 9.17) is 4.74 Å². The summed E-state index contributed by atoms with van der Waals surface area (Å²) in [5.74, 6) is 1.48. The zero-order valence-corrected chi connectivity index (χ0v) is 13.8. The molecule has 1 fully saturated rings. The van der Waals surface area contributed by atoms with Gasteiger partial charge in [0.2, 0.25) is 0 Å². The number of nitrogens with zero attached hydrogens (tertiary/aromatic N) is 2. The topological polar surface area (TPSA) is 44.8 Å². The Morgan fingerprint density at radius 3 is 2.55 bits per heavy atom. The number of para-hydroxylation sites is 1. The number of benzene rings is 1. The molecule has 5 heteroatoms. The van der Waals surface area contributed by atoms with Crippen LogP contribution in [0.4, 0.5) is 4.79 Å². The Balaban J connectivity index is 1.79. The highest BCUT2D eigenvalue weighted by Crippen LogP contribution is 2.16. The second kappa shape index (κ2) is 8.03. The molecule has 2 rings (SSSR count). The van der Waals surface area contributed by atoms with Crippen molar-refractivity contribution in [2.45, 2.75) is 20.4 Å². The van der Waals surface area contributed by atoms with E-state index >= 15 is 0 Å². The van der Waals surface area contributed by atoms with Crippen molar-refractivity contribution in [3.05, 3.63) is 29.8 Å². The van der Waals surface area contributed by atoms with E-state index in [1.54, 1.807) is 7.11 Å². The maximum absolute atomic E-state index is 12.3. The molecule has 0 bridgehead atoms. The molecule has 1 aliphatic heterocycles. The van der Waals surface area contributed by atoms with Gasteiger partial charge in [0.25, 0.3) is 0 Å². The molecular formula is C17H27N3O2. The lowest BCUT2D eigenvalue weighted by molar-refractivity contribution is 0.131. The SMILES string of the molecule is COc1ccccc1CNC(=O)N1CCN(CC(C)C)CC1. The van der Waals surface area contributed by atoms with E-state index in [1.165, 1.54) is 0 Å². The molecule has 0 saturated carbocycles. The number of nitrogens with one attached hydrogen (secondary N) is 1. The third-order valence-corrected chi connectivity index (χ3v) is 3.91. The van der Waals surface area contributed by atoms with Crippen molar-refractivity contribution in [3.8, 4) is 5.75 Å². The maximum Gasteiger partial charge on any atom is 0.317 e. The average Bonchev–Trinajstić information content (AvgIpc) is 2.53. The highest BCUT2D eigenvalue weighted by atomic mass is 16.5. The van der Waals surface area contributed by atoms with Gasteiger partial charge in [-0.05, 0) is 12.0 Å². The summed E-state index contributed by atoms with van der Waals surface area (Å²) in [5.41, 5.74) is 0.997. The standard InChI is InChI=1S/C17H27N3O2/c1-14(2)13-19-8-10-20(11-9-19)17(21)18-12-15-6-4-5-7-16(15)22-3/h4-7,14H,8-13H2,1-3H3,(H,18,21). The molecule has 1 heterocycles. The zero-order chi connectivity index (χ0) is 15.9. The van der Waals surface area contributed by atoms with Crippen LogP contribution >= 0.6 is 0 Å². The van der Waals surface area contributed by atoms with E-state index in [0.717, 1.165) is 44.0 Å². The first-order valence-corrected chi connectivity index (χ1v) is 7.97. The normalized spacial score (nSPS) is 15.9. The van der Waals surface area contributed by atoms with Crippen molar-refractivity contribution < 1.29 is 9.53 Å². The van der Waals surface area contributed by atoms with Crippen LogP contribution < -0.4 is 10.1 Å². The molecule has 1 aliphatic rings. The molecule has 0 atom stereocenters. The van der Waals surface area contributed by atoms with Gasteiger partial charge in [0.15, 0.2) is 0 Å². The fourth-order valence-corrected chi connectivity index (χ4v) is 2.78. The largest absolute Gasteiger partial charge is 0.496 e. The number of ether oxygens (including phenoxy) is 1. The number of urea groups is 1. The first kappa shape index (κ1) is 16.6. The Labute approximate surface area is 133 Å². The monoisotopic (exact) mass is 305 g/mol. The quantitative estimate of drug-likeness (QED) is 0.907. The fraction of sp³-hybridized carbons (Fsp3) is 0.588. The van der Waals surface area contributed by atoms with Crippen LogP contribution in [-0.4, -0.2) is 55.7 Å². The van der Waals surface area contributed by atoms with E-state index in [2.05, 4.69) is 24.1 Å². The Morgan fingerprint density at radius 2 is 1.91 bits per heavy atom. The molecule has 1 N–H and O–H groups in total. The summed E-state index contributed by atoms with van der Waals surface area (Å²) in [6.45, 7) is 9.57. The maximum atomic E-state index is 12.3. The minimum Gasteiger partial charge on any atom is -0.496 e. The molecule has 0 aromatic heterocycles. The smallest absolute Gasteiger partial charge is 0.317 e. The Morgan fingerprint density at radius 1 is 1.23 bits per heavy atom. The molecule has 1 aromatic rings. The predicted octanol–water partition coefficient (Wildman–Crippen LogP) is 2.18. The second-order valence-corrected chi connectivity index (χ2v) is 6.15. The van der Waals surface area contributed by atoms with Gasteiger partial charge < -0.3 is 15.0 Å². The summed E-state index contributed by atoms with van der Waals surface area (Å²) < 4.78 is 5.30. The summed E-state index contributed by atoms with van der Waals surface area (Å²) in [7, 11) is 1.65. The molecule has 2 amide bonds. The predicted molar refractivity (Wildman–Crippen MR) is 88.1 cm³/mol. The third-order valence-electron chi connectivity index (χ3n) is 3.91. The molecule has 1 aromatic carbocycles. The van der Waals surface area contributed by atoms with Crippen molar-refractivity contribution >= 4 is 6.03 Å². The number of piperazine rings is 1. The zero-order valence-electron chi connectivity index (χ0n) is 13.8. The fourth-order valence-electron chi connectivity index (χ4n) is 2.78. The minimum atomic E-state index is 0.00935. The summed E-state index contributed by atoms with van der Waals surface area (Å²) in [6.07, 6.45) is 0. The van der Waals surface area contributed by atoms with E-state index in [-0.39, 0.29) is 6.03 Å². The average molecular weight is 305 g/mol. The first-order valence-electron chi connectivity index (χ1n) is 7.97. The number of amides is 2. The van der Waals surface area contributed by atoms with Crippen molar-refractivity contribution in [3.63, 3.8) is 0 Å². The van der Waals surface area contributed by atoms with Gasteiger partial charge >= 0.3 is 6.03 Å². The van der Waals surface area contributed by atoms with Crippen molar-refractivity contribution in [2.75, 3.05) is 39.8 Å². The number of methoxy groups -OCH3 is 1. The molecule has 122 valence electrons. The summed E-state index contributed by atoms with van der Waals surface area (Å²) >= 11 is 0. The third kappa shape index (κ3) is 4.63. The number of carbonyl (C=O) groups excluding carboxylic acids is 1. The van der Waals surface area contributed by atoms with Crippen molar-refractivity contribution in [2.24, 2.45) is 5.92 Å². The van der Waals surface area contributed by atoms with Gasteiger partial charge in [-0.1, -0.05) is 32.0 Å². The van der Waals surface area contributed by atoms with Gasteiger partial charge in [-0.3, -0.25) is 4.90 Å². The number of hydrogen-bond acceptors (Lipinski definition) is 3. The lowest BCUT2D eigenvalue weighted by Crippen LogP contribution is -2.52. The number of hydrogen-bond donors (Lipinski definition) is 1. The van der Waals surface area contributed by atoms with Crippen LogP contribution in [0.15, 0.2) is 24.3 Å². The van der Waals surface area contributed by atoms with Gasteiger partial charge in [0.1, 0.15) is 5.75 Å². The van der Waals surface area contributed by atoms with E-state index in [0.29, 0.717) is 12.5 Å². The van der Waals surface area contributed by atoms with Crippen LogP contribution in [-0.2, 0) is 6.54 Å². The molecule has 0 radical (unpaired) electrons. The molecule has 0 aliphatic carbocycles.